The summed E-state index contributed by atoms with van der Waals surface area (Å²) in [5.74, 6) is 0.871. The standard InChI is InChI=1S/C16H17IO2/c17-16(14-6-2-1-3-7-14)19-15-10-8-13(9-11-15)5-4-12-18/h1-3,6-11,16,18H,4-5,12H2. The molecule has 0 aliphatic heterocycles. The maximum absolute atomic E-state index is 8.80. The molecule has 0 aliphatic rings. The average Bonchev–Trinajstić information content (AvgIpc) is 2.47. The lowest BCUT2D eigenvalue weighted by Gasteiger charge is -2.13. The minimum atomic E-state index is 0.0158. The summed E-state index contributed by atoms with van der Waals surface area (Å²) in [4.78, 5) is 0. The lowest BCUT2D eigenvalue weighted by Crippen LogP contribution is -1.99. The van der Waals surface area contributed by atoms with E-state index in [-0.39, 0.29) is 10.7 Å². The maximum atomic E-state index is 8.80. The van der Waals surface area contributed by atoms with Gasteiger partial charge in [-0.05, 0) is 53.1 Å². The van der Waals surface area contributed by atoms with E-state index in [1.54, 1.807) is 0 Å². The predicted octanol–water partition coefficient (Wildman–Crippen LogP) is 4.12. The van der Waals surface area contributed by atoms with Crippen molar-refractivity contribution in [3.8, 4) is 5.75 Å². The number of hydrogen-bond donors (Lipinski definition) is 1. The van der Waals surface area contributed by atoms with E-state index >= 15 is 0 Å². The third kappa shape index (κ3) is 4.51. The van der Waals surface area contributed by atoms with Gasteiger partial charge in [-0.25, -0.2) is 0 Å². The van der Waals surface area contributed by atoms with Crippen LogP contribution in [0.3, 0.4) is 0 Å². The third-order valence-electron chi connectivity index (χ3n) is 2.85. The molecule has 1 atom stereocenters. The van der Waals surface area contributed by atoms with Crippen LogP contribution in [-0.4, -0.2) is 11.7 Å². The maximum Gasteiger partial charge on any atom is 0.174 e. The highest BCUT2D eigenvalue weighted by molar-refractivity contribution is 14.1. The van der Waals surface area contributed by atoms with Gasteiger partial charge in [0.05, 0.1) is 0 Å². The second kappa shape index (κ2) is 7.50. The second-order valence-corrected chi connectivity index (χ2v) is 5.45. The summed E-state index contributed by atoms with van der Waals surface area (Å²) >= 11 is 2.29. The molecule has 0 radical (unpaired) electrons. The zero-order valence-corrected chi connectivity index (χ0v) is 12.8. The highest BCUT2D eigenvalue weighted by Crippen LogP contribution is 2.27. The molecule has 1 N–H and O–H groups in total. The van der Waals surface area contributed by atoms with Gasteiger partial charge in [0.25, 0.3) is 0 Å². The minimum absolute atomic E-state index is 0.0158. The molecule has 0 heterocycles. The summed E-state index contributed by atoms with van der Waals surface area (Å²) in [7, 11) is 0. The molecule has 2 nitrogen and oxygen atoms in total. The molecular formula is C16H17IO2. The van der Waals surface area contributed by atoms with Gasteiger partial charge in [0, 0.05) is 12.2 Å². The molecule has 0 spiro atoms. The number of rotatable bonds is 6. The van der Waals surface area contributed by atoms with Crippen LogP contribution in [0.5, 0.6) is 5.75 Å². The topological polar surface area (TPSA) is 29.5 Å². The lowest BCUT2D eigenvalue weighted by molar-refractivity contribution is 0.288. The number of benzene rings is 2. The molecule has 0 saturated heterocycles. The Balaban J connectivity index is 1.96. The molecule has 1 unspecified atom stereocenters. The van der Waals surface area contributed by atoms with E-state index in [2.05, 4.69) is 46.9 Å². The first-order valence-corrected chi connectivity index (χ1v) is 7.59. The van der Waals surface area contributed by atoms with Crippen molar-refractivity contribution in [2.45, 2.75) is 17.0 Å². The van der Waals surface area contributed by atoms with E-state index in [1.165, 1.54) is 5.56 Å². The molecule has 0 saturated carbocycles. The number of halogens is 1. The summed E-state index contributed by atoms with van der Waals surface area (Å²) < 4.78 is 5.91. The molecule has 0 aliphatic carbocycles. The van der Waals surface area contributed by atoms with Gasteiger partial charge >= 0.3 is 0 Å². The largest absolute Gasteiger partial charge is 0.475 e. The Morgan fingerprint density at radius 1 is 1.00 bits per heavy atom. The number of alkyl halides is 1. The fourth-order valence-corrected chi connectivity index (χ4v) is 2.52. The molecule has 0 fully saturated rings. The highest BCUT2D eigenvalue weighted by atomic mass is 127. The Bertz CT molecular complexity index is 482. The molecule has 0 amide bonds. The van der Waals surface area contributed by atoms with E-state index in [9.17, 15) is 0 Å². The zero-order valence-electron chi connectivity index (χ0n) is 10.6. The van der Waals surface area contributed by atoms with Crippen LogP contribution in [0.4, 0.5) is 0 Å². The van der Waals surface area contributed by atoms with E-state index in [0.29, 0.717) is 0 Å². The quantitative estimate of drug-likeness (QED) is 0.614. The van der Waals surface area contributed by atoms with Crippen molar-refractivity contribution in [3.05, 3.63) is 65.7 Å². The first-order chi connectivity index (χ1) is 9.29. The normalized spacial score (nSPS) is 12.1. The van der Waals surface area contributed by atoms with Crippen LogP contribution in [0.15, 0.2) is 54.6 Å². The van der Waals surface area contributed by atoms with Crippen LogP contribution in [0.25, 0.3) is 0 Å². The smallest absolute Gasteiger partial charge is 0.174 e. The fourth-order valence-electron chi connectivity index (χ4n) is 1.81. The van der Waals surface area contributed by atoms with Gasteiger partial charge in [-0.15, -0.1) is 0 Å². The minimum Gasteiger partial charge on any atom is -0.475 e. The third-order valence-corrected chi connectivity index (χ3v) is 3.82. The number of hydrogen-bond acceptors (Lipinski definition) is 2. The average molecular weight is 368 g/mol. The van der Waals surface area contributed by atoms with E-state index in [0.717, 1.165) is 24.2 Å². The number of aliphatic hydroxyl groups is 1. The van der Waals surface area contributed by atoms with Crippen LogP contribution >= 0.6 is 22.6 Å². The molecular weight excluding hydrogens is 351 g/mol. The summed E-state index contributed by atoms with van der Waals surface area (Å²) in [5, 5.41) is 8.80. The first-order valence-electron chi connectivity index (χ1n) is 6.35. The lowest BCUT2D eigenvalue weighted by atomic mass is 10.1. The molecule has 0 aromatic heterocycles. The number of ether oxygens (including phenoxy) is 1. The van der Waals surface area contributed by atoms with Crippen molar-refractivity contribution < 1.29 is 9.84 Å². The Morgan fingerprint density at radius 2 is 1.68 bits per heavy atom. The Morgan fingerprint density at radius 3 is 2.32 bits per heavy atom. The first kappa shape index (κ1) is 14.3. The summed E-state index contributed by atoms with van der Waals surface area (Å²) in [6, 6.07) is 18.2. The van der Waals surface area contributed by atoms with Crippen molar-refractivity contribution in [2.75, 3.05) is 6.61 Å². The van der Waals surface area contributed by atoms with Gasteiger partial charge in [0.1, 0.15) is 5.75 Å². The van der Waals surface area contributed by atoms with Crippen molar-refractivity contribution in [2.24, 2.45) is 0 Å². The monoisotopic (exact) mass is 368 g/mol. The molecule has 100 valence electrons. The van der Waals surface area contributed by atoms with Gasteiger partial charge < -0.3 is 9.84 Å². The van der Waals surface area contributed by atoms with Crippen molar-refractivity contribution in [3.63, 3.8) is 0 Å². The van der Waals surface area contributed by atoms with Gasteiger partial charge in [-0.1, -0.05) is 42.5 Å². The van der Waals surface area contributed by atoms with Crippen LogP contribution in [0, 0.1) is 0 Å². The van der Waals surface area contributed by atoms with Crippen molar-refractivity contribution >= 4 is 22.6 Å². The van der Waals surface area contributed by atoms with Gasteiger partial charge in [-0.2, -0.15) is 0 Å². The Hall–Kier alpha value is -1.07. The molecule has 2 aromatic carbocycles. The molecule has 3 heteroatoms. The molecule has 19 heavy (non-hydrogen) atoms. The van der Waals surface area contributed by atoms with Gasteiger partial charge in [-0.3, -0.25) is 0 Å². The Kier molecular flexibility index (Phi) is 5.66. The van der Waals surface area contributed by atoms with E-state index in [4.69, 9.17) is 9.84 Å². The van der Waals surface area contributed by atoms with Crippen molar-refractivity contribution in [1.29, 1.82) is 0 Å². The number of aliphatic hydroxyl groups excluding tert-OH is 1. The number of aryl methyl sites for hydroxylation is 1. The summed E-state index contributed by atoms with van der Waals surface area (Å²) in [6.07, 6.45) is 1.71. The highest BCUT2D eigenvalue weighted by Gasteiger charge is 2.07. The summed E-state index contributed by atoms with van der Waals surface area (Å²) in [5.41, 5.74) is 2.39. The van der Waals surface area contributed by atoms with Gasteiger partial charge in [0.15, 0.2) is 4.11 Å². The van der Waals surface area contributed by atoms with Crippen molar-refractivity contribution in [1.82, 2.24) is 0 Å². The van der Waals surface area contributed by atoms with Crippen LogP contribution in [0.1, 0.15) is 21.7 Å². The van der Waals surface area contributed by atoms with Crippen LogP contribution in [-0.2, 0) is 6.42 Å². The van der Waals surface area contributed by atoms with Gasteiger partial charge in [0.2, 0.25) is 0 Å². The van der Waals surface area contributed by atoms with E-state index in [1.807, 2.05) is 30.3 Å². The van der Waals surface area contributed by atoms with Crippen LogP contribution < -0.4 is 4.74 Å². The second-order valence-electron chi connectivity index (χ2n) is 4.32. The zero-order chi connectivity index (χ0) is 13.5. The van der Waals surface area contributed by atoms with E-state index < -0.39 is 0 Å². The summed E-state index contributed by atoms with van der Waals surface area (Å²) in [6.45, 7) is 0.238. The molecule has 2 rings (SSSR count). The molecule has 2 aromatic rings. The predicted molar refractivity (Wildman–Crippen MR) is 85.7 cm³/mol. The molecule has 0 bridgehead atoms. The fraction of sp³-hybridized carbons (Fsp3) is 0.250. The Labute approximate surface area is 127 Å². The van der Waals surface area contributed by atoms with Crippen LogP contribution in [0.2, 0.25) is 0 Å². The SMILES string of the molecule is OCCCc1ccc(OC(I)c2ccccc2)cc1.